The molecular weight excluding hydrogens is 441 g/mol. The second-order valence-electron chi connectivity index (χ2n) is 8.45. The zero-order valence-electron chi connectivity index (χ0n) is 18.5. The SMILES string of the molecule is CC(C)(C)[Si](OCCSc1ccc(C(=O)NO)cc1F)(c1ccccc1)c1ccccc1. The number of hydrogen-bond donors (Lipinski definition) is 2. The highest BCUT2D eigenvalue weighted by atomic mass is 32.2. The van der Waals surface area contributed by atoms with Crippen LogP contribution < -0.4 is 15.9 Å². The summed E-state index contributed by atoms with van der Waals surface area (Å²) >= 11 is 1.34. The fourth-order valence-electron chi connectivity index (χ4n) is 3.93. The first-order chi connectivity index (χ1) is 15.3. The standard InChI is InChI=1S/C25H28FNO3SSi/c1-25(2,3)32(20-10-6-4-7-11-20,21-12-8-5-9-13-21)30-16-17-31-23-15-14-19(18-22(23)26)24(28)27-29/h4-15,18,29H,16-17H2,1-3H3,(H,27,28). The van der Waals surface area contributed by atoms with E-state index in [2.05, 4.69) is 45.0 Å². The normalized spacial score (nSPS) is 11.9. The number of thioether (sulfide) groups is 1. The summed E-state index contributed by atoms with van der Waals surface area (Å²) in [6, 6.07) is 24.9. The van der Waals surface area contributed by atoms with E-state index in [1.807, 2.05) is 36.4 Å². The number of rotatable bonds is 8. The molecule has 4 nitrogen and oxygen atoms in total. The third-order valence-electron chi connectivity index (χ3n) is 5.37. The van der Waals surface area contributed by atoms with Crippen molar-refractivity contribution in [1.82, 2.24) is 5.48 Å². The highest BCUT2D eigenvalue weighted by Gasteiger charge is 2.49. The number of amides is 1. The van der Waals surface area contributed by atoms with Gasteiger partial charge in [-0.3, -0.25) is 10.0 Å². The molecule has 0 aromatic heterocycles. The largest absolute Gasteiger partial charge is 0.407 e. The van der Waals surface area contributed by atoms with E-state index in [1.165, 1.54) is 33.7 Å². The monoisotopic (exact) mass is 469 g/mol. The van der Waals surface area contributed by atoms with Crippen LogP contribution in [0, 0.1) is 5.82 Å². The molecule has 2 N–H and O–H groups in total. The van der Waals surface area contributed by atoms with Crippen LogP contribution in [0.15, 0.2) is 83.8 Å². The van der Waals surface area contributed by atoms with E-state index >= 15 is 0 Å². The summed E-state index contributed by atoms with van der Waals surface area (Å²) in [5.74, 6) is -0.676. The molecule has 3 rings (SSSR count). The minimum Gasteiger partial charge on any atom is -0.407 e. The zero-order chi connectivity index (χ0) is 23.2. The Morgan fingerprint density at radius 1 is 1.00 bits per heavy atom. The van der Waals surface area contributed by atoms with Crippen LogP contribution in [-0.2, 0) is 4.43 Å². The maximum atomic E-state index is 14.4. The van der Waals surface area contributed by atoms with Crippen molar-refractivity contribution in [3.63, 3.8) is 0 Å². The van der Waals surface area contributed by atoms with E-state index in [0.717, 1.165) is 6.07 Å². The Hall–Kier alpha value is -2.45. The van der Waals surface area contributed by atoms with Crippen LogP contribution in [0.4, 0.5) is 4.39 Å². The molecule has 3 aromatic rings. The van der Waals surface area contributed by atoms with E-state index in [-0.39, 0.29) is 10.6 Å². The van der Waals surface area contributed by atoms with Crippen LogP contribution in [0.3, 0.4) is 0 Å². The van der Waals surface area contributed by atoms with Crippen molar-refractivity contribution in [2.24, 2.45) is 0 Å². The molecule has 0 heterocycles. The molecule has 0 fully saturated rings. The van der Waals surface area contributed by atoms with Gasteiger partial charge in [0.15, 0.2) is 0 Å². The summed E-state index contributed by atoms with van der Waals surface area (Å²) in [4.78, 5) is 11.9. The predicted octanol–water partition coefficient (Wildman–Crippen LogP) is 4.61. The van der Waals surface area contributed by atoms with Gasteiger partial charge in [0.2, 0.25) is 0 Å². The van der Waals surface area contributed by atoms with Crippen molar-refractivity contribution in [2.45, 2.75) is 30.7 Å². The Labute approximate surface area is 193 Å². The van der Waals surface area contributed by atoms with E-state index in [4.69, 9.17) is 9.63 Å². The van der Waals surface area contributed by atoms with Gasteiger partial charge in [0, 0.05) is 22.8 Å². The van der Waals surface area contributed by atoms with Gasteiger partial charge in [-0.05, 0) is 33.6 Å². The van der Waals surface area contributed by atoms with Gasteiger partial charge in [0.25, 0.3) is 14.2 Å². The van der Waals surface area contributed by atoms with Crippen LogP contribution in [-0.4, -0.2) is 31.8 Å². The minimum absolute atomic E-state index is 0.0675. The Morgan fingerprint density at radius 3 is 2.03 bits per heavy atom. The van der Waals surface area contributed by atoms with E-state index in [0.29, 0.717) is 17.3 Å². The highest BCUT2D eigenvalue weighted by Crippen LogP contribution is 2.37. The zero-order valence-corrected chi connectivity index (χ0v) is 20.3. The molecule has 0 bridgehead atoms. The lowest BCUT2D eigenvalue weighted by Gasteiger charge is -2.43. The van der Waals surface area contributed by atoms with Gasteiger partial charge < -0.3 is 4.43 Å². The first-order valence-electron chi connectivity index (χ1n) is 10.4. The highest BCUT2D eigenvalue weighted by molar-refractivity contribution is 7.99. The summed E-state index contributed by atoms with van der Waals surface area (Å²) in [5, 5.41) is 11.0. The maximum Gasteiger partial charge on any atom is 0.274 e. The van der Waals surface area contributed by atoms with Crippen molar-refractivity contribution in [3.05, 3.63) is 90.2 Å². The fourth-order valence-corrected chi connectivity index (χ4v) is 9.39. The van der Waals surface area contributed by atoms with Gasteiger partial charge >= 0.3 is 0 Å². The van der Waals surface area contributed by atoms with Crippen molar-refractivity contribution in [3.8, 4) is 0 Å². The molecule has 0 saturated heterocycles. The van der Waals surface area contributed by atoms with Gasteiger partial charge in [-0.1, -0.05) is 81.4 Å². The van der Waals surface area contributed by atoms with Crippen molar-refractivity contribution >= 4 is 36.4 Å². The number of hydroxylamine groups is 1. The van der Waals surface area contributed by atoms with Crippen molar-refractivity contribution < 1.29 is 18.8 Å². The van der Waals surface area contributed by atoms with Crippen LogP contribution >= 0.6 is 11.8 Å². The molecule has 0 spiro atoms. The van der Waals surface area contributed by atoms with Crippen LogP contribution in [0.25, 0.3) is 0 Å². The lowest BCUT2D eigenvalue weighted by atomic mass is 10.2. The summed E-state index contributed by atoms with van der Waals surface area (Å²) < 4.78 is 21.2. The molecular formula is C25H28FNO3SSi. The summed E-state index contributed by atoms with van der Waals surface area (Å²) in [6.07, 6.45) is 0. The van der Waals surface area contributed by atoms with Gasteiger partial charge in [0.05, 0.1) is 0 Å². The van der Waals surface area contributed by atoms with Crippen molar-refractivity contribution in [2.75, 3.05) is 12.4 Å². The molecule has 0 aliphatic carbocycles. The lowest BCUT2D eigenvalue weighted by Crippen LogP contribution is -2.66. The number of hydrogen-bond acceptors (Lipinski definition) is 4. The Kier molecular flexibility index (Phi) is 7.90. The van der Waals surface area contributed by atoms with Gasteiger partial charge in [-0.2, -0.15) is 0 Å². The van der Waals surface area contributed by atoms with Gasteiger partial charge in [-0.15, -0.1) is 11.8 Å². The van der Waals surface area contributed by atoms with E-state index in [9.17, 15) is 9.18 Å². The molecule has 32 heavy (non-hydrogen) atoms. The average Bonchev–Trinajstić information content (AvgIpc) is 2.79. The maximum absolute atomic E-state index is 14.4. The number of carbonyl (C=O) groups is 1. The van der Waals surface area contributed by atoms with E-state index in [1.54, 1.807) is 6.07 Å². The first-order valence-corrected chi connectivity index (χ1v) is 13.3. The van der Waals surface area contributed by atoms with E-state index < -0.39 is 20.0 Å². The summed E-state index contributed by atoms with van der Waals surface area (Å²) in [7, 11) is -2.62. The average molecular weight is 470 g/mol. The number of benzene rings is 3. The third-order valence-corrected chi connectivity index (χ3v) is 11.4. The fraction of sp³-hybridized carbons (Fsp3) is 0.240. The number of carbonyl (C=O) groups excluding carboxylic acids is 1. The first kappa shape index (κ1) is 24.2. The minimum atomic E-state index is -2.62. The molecule has 0 atom stereocenters. The predicted molar refractivity (Wildman–Crippen MR) is 130 cm³/mol. The Morgan fingerprint density at radius 2 is 1.56 bits per heavy atom. The molecule has 0 radical (unpaired) electrons. The molecule has 1 amide bonds. The second-order valence-corrected chi connectivity index (χ2v) is 13.9. The van der Waals surface area contributed by atoms with Crippen LogP contribution in [0.5, 0.6) is 0 Å². The Balaban J connectivity index is 1.82. The molecule has 168 valence electrons. The van der Waals surface area contributed by atoms with Gasteiger partial charge in [0.1, 0.15) is 5.82 Å². The molecule has 0 aliphatic rings. The summed E-state index contributed by atoms with van der Waals surface area (Å²) in [6.45, 7) is 7.11. The smallest absolute Gasteiger partial charge is 0.274 e. The molecule has 0 unspecified atom stereocenters. The molecule has 3 aromatic carbocycles. The molecule has 0 aliphatic heterocycles. The van der Waals surface area contributed by atoms with Gasteiger partial charge in [-0.25, -0.2) is 9.87 Å². The van der Waals surface area contributed by atoms with Crippen LogP contribution in [0.2, 0.25) is 5.04 Å². The summed E-state index contributed by atoms with van der Waals surface area (Å²) in [5.41, 5.74) is 1.58. The molecule has 0 saturated carbocycles. The number of halogens is 1. The number of nitrogens with one attached hydrogen (secondary N) is 1. The van der Waals surface area contributed by atoms with Crippen molar-refractivity contribution in [1.29, 1.82) is 0 Å². The molecule has 7 heteroatoms. The lowest BCUT2D eigenvalue weighted by molar-refractivity contribution is 0.0706. The quantitative estimate of drug-likeness (QED) is 0.166. The Bertz CT molecular complexity index is 1000. The van der Waals surface area contributed by atoms with Crippen LogP contribution in [0.1, 0.15) is 31.1 Å². The third kappa shape index (κ3) is 5.12. The second kappa shape index (κ2) is 10.4. The topological polar surface area (TPSA) is 58.6 Å².